The molecule has 19 heavy (non-hydrogen) atoms. The average Bonchev–Trinajstić information content (AvgIpc) is 2.66. The van der Waals surface area contributed by atoms with Crippen LogP contribution in [0.1, 0.15) is 15.6 Å². The van der Waals surface area contributed by atoms with Crippen LogP contribution in [0.4, 0.5) is 0 Å². The molecule has 1 aromatic carbocycles. The van der Waals surface area contributed by atoms with E-state index in [1.165, 1.54) is 11.3 Å². The summed E-state index contributed by atoms with van der Waals surface area (Å²) < 4.78 is 27.6. The number of benzene rings is 1. The van der Waals surface area contributed by atoms with Crippen molar-refractivity contribution >= 4 is 37.3 Å². The molecule has 1 heterocycles. The molecule has 0 atom stereocenters. The highest BCUT2D eigenvalue weighted by Gasteiger charge is 2.15. The van der Waals surface area contributed by atoms with Crippen LogP contribution in [0.25, 0.3) is 0 Å². The molecule has 1 aromatic heterocycles. The molecule has 0 spiro atoms. The number of halogens is 1. The van der Waals surface area contributed by atoms with Crippen molar-refractivity contribution in [2.24, 2.45) is 0 Å². The smallest absolute Gasteiger partial charge is 0.240 e. The third-order valence-electron chi connectivity index (χ3n) is 2.55. The van der Waals surface area contributed by atoms with E-state index in [1.807, 2.05) is 13.8 Å². The highest BCUT2D eigenvalue weighted by molar-refractivity contribution is 9.10. The van der Waals surface area contributed by atoms with Gasteiger partial charge in [-0.1, -0.05) is 15.9 Å². The number of thiazole rings is 1. The predicted octanol–water partition coefficient (Wildman–Crippen LogP) is 3.00. The summed E-state index contributed by atoms with van der Waals surface area (Å²) in [6.07, 6.45) is 0. The van der Waals surface area contributed by atoms with Crippen molar-refractivity contribution < 1.29 is 8.42 Å². The molecule has 7 heteroatoms. The minimum absolute atomic E-state index is 0.259. The number of hydrogen-bond acceptors (Lipinski definition) is 4. The van der Waals surface area contributed by atoms with Crippen molar-refractivity contribution in [3.05, 3.63) is 44.3 Å². The molecule has 4 nitrogen and oxygen atoms in total. The molecule has 1 N–H and O–H groups in total. The molecular weight excluding hydrogens is 348 g/mol. The molecular formula is C12H13BrN2O2S2. The van der Waals surface area contributed by atoms with E-state index in [2.05, 4.69) is 25.6 Å². The Morgan fingerprint density at radius 2 is 1.89 bits per heavy atom. The molecule has 0 aliphatic carbocycles. The fourth-order valence-electron chi connectivity index (χ4n) is 1.60. The van der Waals surface area contributed by atoms with Crippen LogP contribution in [0.15, 0.2) is 33.6 Å². The second-order valence-corrected chi connectivity index (χ2v) is 7.99. The Balaban J connectivity index is 2.14. The van der Waals surface area contributed by atoms with E-state index in [-0.39, 0.29) is 11.4 Å². The van der Waals surface area contributed by atoms with Gasteiger partial charge in [0.1, 0.15) is 0 Å². The minimum Gasteiger partial charge on any atom is -0.247 e. The van der Waals surface area contributed by atoms with Crippen LogP contribution in [0.5, 0.6) is 0 Å². The SMILES string of the molecule is Cc1nc(C)c(CNS(=O)(=O)c2ccc(Br)cc2)s1. The monoisotopic (exact) mass is 360 g/mol. The molecule has 0 radical (unpaired) electrons. The normalized spacial score (nSPS) is 11.7. The summed E-state index contributed by atoms with van der Waals surface area (Å²) in [5, 5.41) is 0.940. The third-order valence-corrected chi connectivity index (χ3v) is 5.56. The number of aromatic nitrogens is 1. The van der Waals surface area contributed by atoms with Crippen molar-refractivity contribution in [1.29, 1.82) is 0 Å². The molecule has 0 amide bonds. The zero-order valence-electron chi connectivity index (χ0n) is 10.5. The summed E-state index contributed by atoms with van der Waals surface area (Å²) >= 11 is 4.79. The molecule has 102 valence electrons. The van der Waals surface area contributed by atoms with Gasteiger partial charge in [-0.15, -0.1) is 11.3 Å². The van der Waals surface area contributed by atoms with Gasteiger partial charge in [-0.05, 0) is 38.1 Å². The Bertz CT molecular complexity index is 678. The largest absolute Gasteiger partial charge is 0.247 e. The first kappa shape index (κ1) is 14.6. The summed E-state index contributed by atoms with van der Waals surface area (Å²) in [6, 6.07) is 6.54. The fraction of sp³-hybridized carbons (Fsp3) is 0.250. The van der Waals surface area contributed by atoms with Gasteiger partial charge >= 0.3 is 0 Å². The molecule has 2 rings (SSSR count). The third kappa shape index (κ3) is 3.62. The second-order valence-electron chi connectivity index (χ2n) is 4.02. The first-order valence-electron chi connectivity index (χ1n) is 5.56. The quantitative estimate of drug-likeness (QED) is 0.911. The Labute approximate surface area is 125 Å². The number of nitrogens with zero attached hydrogens (tertiary/aromatic N) is 1. The fourth-order valence-corrected chi connectivity index (χ4v) is 3.82. The molecule has 2 aromatic rings. The number of rotatable bonds is 4. The lowest BCUT2D eigenvalue weighted by Gasteiger charge is -2.06. The van der Waals surface area contributed by atoms with E-state index in [0.29, 0.717) is 0 Å². The Morgan fingerprint density at radius 1 is 1.26 bits per heavy atom. The lowest BCUT2D eigenvalue weighted by Crippen LogP contribution is -2.23. The summed E-state index contributed by atoms with van der Waals surface area (Å²) in [5.74, 6) is 0. The zero-order valence-corrected chi connectivity index (χ0v) is 13.7. The maximum Gasteiger partial charge on any atom is 0.240 e. The molecule has 0 unspecified atom stereocenters. The lowest BCUT2D eigenvalue weighted by atomic mass is 10.4. The predicted molar refractivity (Wildman–Crippen MR) is 79.8 cm³/mol. The average molecular weight is 361 g/mol. The van der Waals surface area contributed by atoms with Gasteiger partial charge in [-0.3, -0.25) is 0 Å². The number of sulfonamides is 1. The van der Waals surface area contributed by atoms with Crippen molar-refractivity contribution in [2.45, 2.75) is 25.3 Å². The second kappa shape index (κ2) is 5.70. The van der Waals surface area contributed by atoms with Gasteiger partial charge in [0.25, 0.3) is 0 Å². The van der Waals surface area contributed by atoms with E-state index in [9.17, 15) is 8.42 Å². The van der Waals surface area contributed by atoms with Crippen LogP contribution in [-0.2, 0) is 16.6 Å². The first-order valence-corrected chi connectivity index (χ1v) is 8.66. The van der Waals surface area contributed by atoms with Crippen LogP contribution >= 0.6 is 27.3 Å². The van der Waals surface area contributed by atoms with E-state index >= 15 is 0 Å². The van der Waals surface area contributed by atoms with E-state index < -0.39 is 10.0 Å². The zero-order chi connectivity index (χ0) is 14.0. The maximum absolute atomic E-state index is 12.1. The summed E-state index contributed by atoms with van der Waals surface area (Å²) in [6.45, 7) is 4.06. The highest BCUT2D eigenvalue weighted by atomic mass is 79.9. The number of nitrogens with one attached hydrogen (secondary N) is 1. The van der Waals surface area contributed by atoms with E-state index in [0.717, 1.165) is 20.1 Å². The van der Waals surface area contributed by atoms with Gasteiger partial charge < -0.3 is 0 Å². The van der Waals surface area contributed by atoms with Gasteiger partial charge in [0.05, 0.1) is 15.6 Å². The van der Waals surface area contributed by atoms with Crippen molar-refractivity contribution in [3.8, 4) is 0 Å². The van der Waals surface area contributed by atoms with Gasteiger partial charge in [0.15, 0.2) is 0 Å². The topological polar surface area (TPSA) is 59.1 Å². The summed E-state index contributed by atoms with van der Waals surface area (Å²) in [5.41, 5.74) is 0.876. The molecule has 0 bridgehead atoms. The number of hydrogen-bond donors (Lipinski definition) is 1. The van der Waals surface area contributed by atoms with Crippen molar-refractivity contribution in [2.75, 3.05) is 0 Å². The van der Waals surface area contributed by atoms with Crippen molar-refractivity contribution in [1.82, 2.24) is 9.71 Å². The molecule has 0 aliphatic rings. The van der Waals surface area contributed by atoms with Crippen LogP contribution in [0.3, 0.4) is 0 Å². The van der Waals surface area contributed by atoms with E-state index in [4.69, 9.17) is 0 Å². The standard InChI is InChI=1S/C12H13BrN2O2S2/c1-8-12(18-9(2)15-8)7-14-19(16,17)11-5-3-10(13)4-6-11/h3-6,14H,7H2,1-2H3. The Kier molecular flexibility index (Phi) is 4.39. The summed E-state index contributed by atoms with van der Waals surface area (Å²) in [7, 11) is -3.47. The molecule has 0 aliphatic heterocycles. The summed E-state index contributed by atoms with van der Waals surface area (Å²) in [4.78, 5) is 5.48. The van der Waals surface area contributed by atoms with E-state index in [1.54, 1.807) is 24.3 Å². The van der Waals surface area contributed by atoms with Crippen LogP contribution < -0.4 is 4.72 Å². The van der Waals surface area contributed by atoms with Crippen LogP contribution in [-0.4, -0.2) is 13.4 Å². The lowest BCUT2D eigenvalue weighted by molar-refractivity contribution is 0.581. The maximum atomic E-state index is 12.1. The molecule has 0 fully saturated rings. The van der Waals surface area contributed by atoms with Gasteiger partial charge in [-0.25, -0.2) is 18.1 Å². The van der Waals surface area contributed by atoms with Gasteiger partial charge in [0, 0.05) is 15.9 Å². The Hall–Kier alpha value is -0.760. The van der Waals surface area contributed by atoms with Gasteiger partial charge in [0.2, 0.25) is 10.0 Å². The molecule has 0 saturated heterocycles. The number of aryl methyl sites for hydroxylation is 2. The van der Waals surface area contributed by atoms with Crippen LogP contribution in [0.2, 0.25) is 0 Å². The van der Waals surface area contributed by atoms with Crippen molar-refractivity contribution in [3.63, 3.8) is 0 Å². The first-order chi connectivity index (χ1) is 8.88. The van der Waals surface area contributed by atoms with Crippen LogP contribution in [0, 0.1) is 13.8 Å². The molecule has 0 saturated carbocycles. The highest BCUT2D eigenvalue weighted by Crippen LogP contribution is 2.19. The Morgan fingerprint density at radius 3 is 2.42 bits per heavy atom. The van der Waals surface area contributed by atoms with Gasteiger partial charge in [-0.2, -0.15) is 0 Å². The minimum atomic E-state index is -3.47.